The number of nitrogens with zero attached hydrogens (tertiary/aromatic N) is 2. The third-order valence-electron chi connectivity index (χ3n) is 2.40. The van der Waals surface area contributed by atoms with E-state index < -0.39 is 5.91 Å². The first-order valence-corrected chi connectivity index (χ1v) is 6.46. The number of hydrogen-bond donors (Lipinski definition) is 2. The van der Waals surface area contributed by atoms with E-state index in [1.165, 1.54) is 6.20 Å². The van der Waals surface area contributed by atoms with Crippen LogP contribution in [-0.2, 0) is 4.79 Å². The summed E-state index contributed by atoms with van der Waals surface area (Å²) in [5.41, 5.74) is 0.570. The minimum absolute atomic E-state index is 0.0173. The molecule has 0 heterocycles. The highest BCUT2D eigenvalue weighted by Crippen LogP contribution is 2.15. The summed E-state index contributed by atoms with van der Waals surface area (Å²) >= 11 is 5.83. The second kappa shape index (κ2) is 8.20. The first-order chi connectivity index (χ1) is 9.52. The maximum Gasteiger partial charge on any atom is 0.267 e. The van der Waals surface area contributed by atoms with Crippen molar-refractivity contribution in [3.05, 3.63) is 41.1 Å². The molecule has 0 atom stereocenters. The van der Waals surface area contributed by atoms with Crippen molar-refractivity contribution in [1.82, 2.24) is 10.2 Å². The molecular weight excluding hydrogens is 276 g/mol. The van der Waals surface area contributed by atoms with E-state index in [1.807, 2.05) is 25.1 Å². The molecule has 106 valence electrons. The van der Waals surface area contributed by atoms with Gasteiger partial charge >= 0.3 is 0 Å². The van der Waals surface area contributed by atoms with Crippen LogP contribution in [0.5, 0.6) is 0 Å². The normalized spacial score (nSPS) is 11.1. The molecular formula is C14H17ClN4O. The van der Waals surface area contributed by atoms with E-state index in [1.54, 1.807) is 24.3 Å². The van der Waals surface area contributed by atoms with Gasteiger partial charge in [0.1, 0.15) is 11.6 Å². The number of rotatable bonds is 6. The lowest BCUT2D eigenvalue weighted by Crippen LogP contribution is -2.24. The van der Waals surface area contributed by atoms with E-state index >= 15 is 0 Å². The monoisotopic (exact) mass is 292 g/mol. The minimum atomic E-state index is -0.466. The molecule has 1 aromatic carbocycles. The van der Waals surface area contributed by atoms with Crippen LogP contribution in [0.3, 0.4) is 0 Å². The van der Waals surface area contributed by atoms with Crippen molar-refractivity contribution in [3.63, 3.8) is 0 Å². The largest absolute Gasteiger partial charge is 0.388 e. The average Bonchev–Trinajstić information content (AvgIpc) is 2.38. The zero-order valence-corrected chi connectivity index (χ0v) is 12.2. The Hall–Kier alpha value is -2.03. The number of carbonyl (C=O) groups is 1. The highest BCUT2D eigenvalue weighted by molar-refractivity contribution is 6.31. The molecule has 1 rings (SSSR count). The molecule has 5 nitrogen and oxygen atoms in total. The summed E-state index contributed by atoms with van der Waals surface area (Å²) in [6.07, 6.45) is 1.42. The molecule has 6 heteroatoms. The Morgan fingerprint density at radius 3 is 2.85 bits per heavy atom. The van der Waals surface area contributed by atoms with Gasteiger partial charge in [0.15, 0.2) is 0 Å². The van der Waals surface area contributed by atoms with Crippen molar-refractivity contribution in [1.29, 1.82) is 5.26 Å². The van der Waals surface area contributed by atoms with Gasteiger partial charge in [-0.1, -0.05) is 17.7 Å². The minimum Gasteiger partial charge on any atom is -0.388 e. The van der Waals surface area contributed by atoms with Gasteiger partial charge in [0.05, 0.1) is 0 Å². The van der Waals surface area contributed by atoms with Crippen molar-refractivity contribution >= 4 is 23.2 Å². The summed E-state index contributed by atoms with van der Waals surface area (Å²) in [5, 5.41) is 15.1. The molecule has 0 unspecified atom stereocenters. The number of anilines is 1. The molecule has 2 N–H and O–H groups in total. The van der Waals surface area contributed by atoms with Crippen LogP contribution in [0.2, 0.25) is 5.02 Å². The van der Waals surface area contributed by atoms with Gasteiger partial charge in [-0.3, -0.25) is 4.79 Å². The van der Waals surface area contributed by atoms with E-state index in [0.29, 0.717) is 17.3 Å². The zero-order valence-electron chi connectivity index (χ0n) is 11.5. The van der Waals surface area contributed by atoms with Gasteiger partial charge < -0.3 is 15.5 Å². The third-order valence-corrected chi connectivity index (χ3v) is 2.63. The van der Waals surface area contributed by atoms with E-state index in [4.69, 9.17) is 16.9 Å². The Morgan fingerprint density at radius 1 is 1.50 bits per heavy atom. The van der Waals surface area contributed by atoms with E-state index in [0.717, 1.165) is 6.54 Å². The number of halogens is 1. The Balaban J connectivity index is 2.59. The summed E-state index contributed by atoms with van der Waals surface area (Å²) in [6.45, 7) is 1.47. The van der Waals surface area contributed by atoms with Gasteiger partial charge in [-0.15, -0.1) is 0 Å². The second-order valence-electron chi connectivity index (χ2n) is 4.39. The molecule has 0 fully saturated rings. The van der Waals surface area contributed by atoms with Crippen LogP contribution in [0.15, 0.2) is 36.0 Å². The van der Waals surface area contributed by atoms with Crippen molar-refractivity contribution in [2.24, 2.45) is 0 Å². The molecule has 0 aliphatic heterocycles. The summed E-state index contributed by atoms with van der Waals surface area (Å²) in [4.78, 5) is 13.9. The standard InChI is InChI=1S/C14H17ClN4O/c1-19(2)7-6-17-10-11(9-16)14(20)18-13-5-3-4-12(15)8-13/h3-5,8,10,17H,6-7H2,1-2H3,(H,18,20)/b11-10-. The number of likely N-dealkylation sites (N-methyl/N-ethyl adjacent to an activating group) is 1. The van der Waals surface area contributed by atoms with E-state index in [9.17, 15) is 4.79 Å². The van der Waals surface area contributed by atoms with Gasteiger partial charge in [-0.25, -0.2) is 0 Å². The zero-order chi connectivity index (χ0) is 15.0. The SMILES string of the molecule is CN(C)CCN/C=C(/C#N)C(=O)Nc1cccc(Cl)c1. The van der Waals surface area contributed by atoms with Crippen LogP contribution in [0.4, 0.5) is 5.69 Å². The fourth-order valence-electron chi connectivity index (χ4n) is 1.38. The lowest BCUT2D eigenvalue weighted by Gasteiger charge is -2.09. The molecule has 0 bridgehead atoms. The first-order valence-electron chi connectivity index (χ1n) is 6.08. The van der Waals surface area contributed by atoms with Crippen molar-refractivity contribution in [3.8, 4) is 6.07 Å². The van der Waals surface area contributed by atoms with Crippen LogP contribution in [0.25, 0.3) is 0 Å². The molecule has 20 heavy (non-hydrogen) atoms. The fourth-order valence-corrected chi connectivity index (χ4v) is 1.57. The van der Waals surface area contributed by atoms with E-state index in [2.05, 4.69) is 10.6 Å². The van der Waals surface area contributed by atoms with Crippen molar-refractivity contribution in [2.45, 2.75) is 0 Å². The van der Waals surface area contributed by atoms with Gasteiger partial charge in [0.2, 0.25) is 0 Å². The van der Waals surface area contributed by atoms with Crippen LogP contribution in [0, 0.1) is 11.3 Å². The van der Waals surface area contributed by atoms with Crippen LogP contribution in [0.1, 0.15) is 0 Å². The number of nitrogens with one attached hydrogen (secondary N) is 2. The molecule has 1 amide bonds. The van der Waals surface area contributed by atoms with Crippen molar-refractivity contribution in [2.75, 3.05) is 32.5 Å². The predicted molar refractivity (Wildman–Crippen MR) is 80.3 cm³/mol. The van der Waals surface area contributed by atoms with Gasteiger partial charge in [0, 0.05) is 30.0 Å². The van der Waals surface area contributed by atoms with Crippen molar-refractivity contribution < 1.29 is 4.79 Å². The highest BCUT2D eigenvalue weighted by atomic mass is 35.5. The molecule has 1 aromatic rings. The molecule has 0 aliphatic carbocycles. The van der Waals surface area contributed by atoms with E-state index in [-0.39, 0.29) is 5.57 Å². The van der Waals surface area contributed by atoms with Gasteiger partial charge in [-0.2, -0.15) is 5.26 Å². The maximum atomic E-state index is 11.9. The molecule has 0 radical (unpaired) electrons. The van der Waals surface area contributed by atoms with Gasteiger partial charge in [-0.05, 0) is 32.3 Å². The Labute approximate surface area is 123 Å². The van der Waals surface area contributed by atoms with Gasteiger partial charge in [0.25, 0.3) is 5.91 Å². The highest BCUT2D eigenvalue weighted by Gasteiger charge is 2.09. The maximum absolute atomic E-state index is 11.9. The first kappa shape index (κ1) is 16.0. The second-order valence-corrected chi connectivity index (χ2v) is 4.83. The van der Waals surface area contributed by atoms with Crippen LogP contribution >= 0.6 is 11.6 Å². The number of nitriles is 1. The Morgan fingerprint density at radius 2 is 2.25 bits per heavy atom. The number of hydrogen-bond acceptors (Lipinski definition) is 4. The average molecular weight is 293 g/mol. The summed E-state index contributed by atoms with van der Waals surface area (Å²) in [7, 11) is 3.89. The molecule has 0 saturated heterocycles. The Kier molecular flexibility index (Phi) is 6.57. The number of benzene rings is 1. The Bertz CT molecular complexity index is 534. The topological polar surface area (TPSA) is 68.2 Å². The lowest BCUT2D eigenvalue weighted by atomic mass is 10.2. The summed E-state index contributed by atoms with van der Waals surface area (Å²) in [5.74, 6) is -0.466. The molecule has 0 aromatic heterocycles. The van der Waals surface area contributed by atoms with Crippen LogP contribution < -0.4 is 10.6 Å². The lowest BCUT2D eigenvalue weighted by molar-refractivity contribution is -0.112. The number of carbonyl (C=O) groups excluding carboxylic acids is 1. The summed E-state index contributed by atoms with van der Waals surface area (Å²) in [6, 6.07) is 8.62. The smallest absolute Gasteiger partial charge is 0.267 e. The number of amides is 1. The summed E-state index contributed by atoms with van der Waals surface area (Å²) < 4.78 is 0. The quantitative estimate of drug-likeness (QED) is 0.477. The predicted octanol–water partition coefficient (Wildman–Crippen LogP) is 1.84. The molecule has 0 spiro atoms. The fraction of sp³-hybridized carbons (Fsp3) is 0.286. The molecule has 0 saturated carbocycles. The van der Waals surface area contributed by atoms with Crippen LogP contribution in [-0.4, -0.2) is 38.0 Å². The third kappa shape index (κ3) is 5.74. The molecule has 0 aliphatic rings.